The van der Waals surface area contributed by atoms with Gasteiger partial charge in [0, 0.05) is 25.2 Å². The van der Waals surface area contributed by atoms with Crippen molar-refractivity contribution < 1.29 is 23.5 Å². The highest BCUT2D eigenvalue weighted by atomic mass is 19.1. The molecule has 11 heteroatoms. The molecule has 2 heterocycles. The zero-order valence-corrected chi connectivity index (χ0v) is 22.3. The van der Waals surface area contributed by atoms with Crippen LogP contribution in [0.2, 0.25) is 0 Å². The van der Waals surface area contributed by atoms with Crippen LogP contribution in [0.4, 0.5) is 15.0 Å². The number of methoxy groups -OCH3 is 1. The minimum absolute atomic E-state index is 0.103. The lowest BCUT2D eigenvalue weighted by Gasteiger charge is -2.24. The van der Waals surface area contributed by atoms with Crippen molar-refractivity contribution in [2.45, 2.75) is 45.4 Å². The third kappa shape index (κ3) is 6.12. The summed E-state index contributed by atoms with van der Waals surface area (Å²) < 4.78 is 25.8. The number of hydrogen-bond donors (Lipinski definition) is 2. The van der Waals surface area contributed by atoms with Crippen molar-refractivity contribution in [3.05, 3.63) is 65.0 Å². The molecule has 3 aromatic rings. The second kappa shape index (κ2) is 11.0. The second-order valence-electron chi connectivity index (χ2n) is 10.3. The maximum Gasteiger partial charge on any atom is 0.410 e. The van der Waals surface area contributed by atoms with Crippen LogP contribution in [-0.2, 0) is 11.3 Å². The number of nitrogens with two attached hydrogens (primary N) is 1. The Balaban J connectivity index is 1.46. The van der Waals surface area contributed by atoms with Gasteiger partial charge in [-0.05, 0) is 51.0 Å². The highest BCUT2D eigenvalue weighted by Crippen LogP contribution is 2.32. The largest absolute Gasteiger partial charge is 0.496 e. The van der Waals surface area contributed by atoms with Gasteiger partial charge in [-0.25, -0.2) is 13.9 Å². The third-order valence-electron chi connectivity index (χ3n) is 6.31. The smallest absolute Gasteiger partial charge is 0.410 e. The maximum atomic E-state index is 13.6. The van der Waals surface area contributed by atoms with Crippen LogP contribution in [0.15, 0.2) is 42.5 Å². The molecule has 1 aromatic heterocycles. The number of rotatable bonds is 6. The Morgan fingerprint density at radius 1 is 1.23 bits per heavy atom. The average Bonchev–Trinajstić information content (AvgIpc) is 3.51. The number of nitriles is 1. The van der Waals surface area contributed by atoms with Gasteiger partial charge in [-0.15, -0.1) is 0 Å². The zero-order chi connectivity index (χ0) is 28.3. The predicted molar refractivity (Wildman–Crippen MR) is 142 cm³/mol. The van der Waals surface area contributed by atoms with Crippen molar-refractivity contribution in [3.63, 3.8) is 0 Å². The van der Waals surface area contributed by atoms with Crippen molar-refractivity contribution in [1.82, 2.24) is 20.0 Å². The van der Waals surface area contributed by atoms with Gasteiger partial charge in [0.25, 0.3) is 5.91 Å². The molecule has 0 spiro atoms. The summed E-state index contributed by atoms with van der Waals surface area (Å²) in [5.41, 5.74) is 7.98. The molecule has 39 heavy (non-hydrogen) atoms. The third-order valence-corrected chi connectivity index (χ3v) is 6.31. The molecule has 1 fully saturated rings. The first-order valence-electron chi connectivity index (χ1n) is 12.5. The number of benzene rings is 2. The molecular formula is C28H31FN6O4. The highest BCUT2D eigenvalue weighted by molar-refractivity contribution is 5.96. The Labute approximate surface area is 226 Å². The van der Waals surface area contributed by atoms with Crippen LogP contribution in [0.25, 0.3) is 11.3 Å². The number of amides is 2. The fourth-order valence-corrected chi connectivity index (χ4v) is 4.39. The Kier molecular flexibility index (Phi) is 7.76. The van der Waals surface area contributed by atoms with E-state index in [4.69, 9.17) is 15.2 Å². The van der Waals surface area contributed by atoms with E-state index in [9.17, 15) is 19.2 Å². The van der Waals surface area contributed by atoms with Gasteiger partial charge in [0.05, 0.1) is 18.7 Å². The summed E-state index contributed by atoms with van der Waals surface area (Å²) in [7, 11) is 1.41. The summed E-state index contributed by atoms with van der Waals surface area (Å²) in [5.74, 6) is -0.486. The van der Waals surface area contributed by atoms with Gasteiger partial charge in [0.1, 0.15) is 40.3 Å². The van der Waals surface area contributed by atoms with Crippen LogP contribution in [0.5, 0.6) is 5.75 Å². The van der Waals surface area contributed by atoms with E-state index in [-0.39, 0.29) is 35.3 Å². The van der Waals surface area contributed by atoms with Crippen molar-refractivity contribution in [2.75, 3.05) is 25.9 Å². The van der Waals surface area contributed by atoms with Gasteiger partial charge in [-0.3, -0.25) is 4.79 Å². The standard InChI is InChI=1S/C28H31FN6O4/c1-28(2,3)39-27(37)34-12-11-20(16-34)35-25(31)22(14-30)24(33-35)18-7-5-17(6-8-18)15-32-26(36)21-13-19(29)9-10-23(21)38-4/h5-10,13,20H,11-12,15-16,31H2,1-4H3,(H,32,36)/t20-/m1/s1. The summed E-state index contributed by atoms with van der Waals surface area (Å²) >= 11 is 0. The molecule has 2 aromatic carbocycles. The molecule has 0 saturated carbocycles. The van der Waals surface area contributed by atoms with Gasteiger partial charge in [0.15, 0.2) is 0 Å². The Morgan fingerprint density at radius 2 is 1.95 bits per heavy atom. The van der Waals surface area contributed by atoms with Crippen LogP contribution in [0.3, 0.4) is 0 Å². The average molecular weight is 535 g/mol. The van der Waals surface area contributed by atoms with E-state index >= 15 is 0 Å². The van der Waals surface area contributed by atoms with Crippen LogP contribution in [0.1, 0.15) is 54.7 Å². The molecule has 204 valence electrons. The SMILES string of the molecule is COc1ccc(F)cc1C(=O)NCc1ccc(-c2nn([C@@H]3CCN(C(=O)OC(C)(C)C)C3)c(N)c2C#N)cc1. The molecule has 0 radical (unpaired) electrons. The molecule has 1 saturated heterocycles. The fourth-order valence-electron chi connectivity index (χ4n) is 4.39. The van der Waals surface area contributed by atoms with Crippen LogP contribution in [0, 0.1) is 17.1 Å². The highest BCUT2D eigenvalue weighted by Gasteiger charge is 2.33. The number of ether oxygens (including phenoxy) is 2. The second-order valence-corrected chi connectivity index (χ2v) is 10.3. The lowest BCUT2D eigenvalue weighted by atomic mass is 10.1. The summed E-state index contributed by atoms with van der Waals surface area (Å²) in [6.45, 7) is 6.52. The van der Waals surface area contributed by atoms with E-state index in [1.165, 1.54) is 19.2 Å². The van der Waals surface area contributed by atoms with Crippen molar-refractivity contribution in [3.8, 4) is 23.1 Å². The van der Waals surface area contributed by atoms with Crippen molar-refractivity contribution in [2.24, 2.45) is 0 Å². The molecule has 0 aliphatic carbocycles. The minimum atomic E-state index is -0.595. The summed E-state index contributed by atoms with van der Waals surface area (Å²) in [4.78, 5) is 26.7. The molecule has 10 nitrogen and oxygen atoms in total. The molecule has 3 N–H and O–H groups in total. The number of halogens is 1. The molecule has 4 rings (SSSR count). The summed E-state index contributed by atoms with van der Waals surface area (Å²) in [6, 6.07) is 12.9. The molecule has 0 unspecified atom stereocenters. The van der Waals surface area contributed by atoms with Crippen molar-refractivity contribution in [1.29, 1.82) is 5.26 Å². The minimum Gasteiger partial charge on any atom is -0.496 e. The van der Waals surface area contributed by atoms with Gasteiger partial charge < -0.3 is 25.4 Å². The van der Waals surface area contributed by atoms with E-state index in [2.05, 4.69) is 16.5 Å². The number of aromatic nitrogens is 2. The Hall–Kier alpha value is -4.59. The lowest BCUT2D eigenvalue weighted by molar-refractivity contribution is 0.0288. The lowest BCUT2D eigenvalue weighted by Crippen LogP contribution is -2.35. The quantitative estimate of drug-likeness (QED) is 0.482. The van der Waals surface area contributed by atoms with Crippen LogP contribution in [-0.4, -0.2) is 52.5 Å². The molecule has 2 amide bonds. The van der Waals surface area contributed by atoms with Gasteiger partial charge >= 0.3 is 6.09 Å². The number of anilines is 1. The topological polar surface area (TPSA) is 136 Å². The monoisotopic (exact) mass is 534 g/mol. The predicted octanol–water partition coefficient (Wildman–Crippen LogP) is 4.26. The van der Waals surface area contributed by atoms with E-state index in [1.54, 1.807) is 33.8 Å². The Bertz CT molecular complexity index is 1420. The van der Waals surface area contributed by atoms with E-state index in [0.717, 1.165) is 11.6 Å². The first kappa shape index (κ1) is 27.4. The summed E-state index contributed by atoms with van der Waals surface area (Å²) in [6.07, 6.45) is 0.236. The number of hydrogen-bond acceptors (Lipinski definition) is 7. The molecule has 0 bridgehead atoms. The molecular weight excluding hydrogens is 503 g/mol. The van der Waals surface area contributed by atoms with Gasteiger partial charge in [-0.1, -0.05) is 24.3 Å². The number of nitrogens with one attached hydrogen (secondary N) is 1. The first-order valence-corrected chi connectivity index (χ1v) is 12.5. The van der Waals surface area contributed by atoms with E-state index in [1.807, 2.05) is 20.8 Å². The van der Waals surface area contributed by atoms with E-state index in [0.29, 0.717) is 30.8 Å². The van der Waals surface area contributed by atoms with Gasteiger partial charge in [-0.2, -0.15) is 10.4 Å². The normalized spacial score (nSPS) is 15.1. The fraction of sp³-hybridized carbons (Fsp3) is 0.357. The number of likely N-dealkylation sites (tertiary alicyclic amines) is 1. The van der Waals surface area contributed by atoms with Crippen LogP contribution >= 0.6 is 0 Å². The number of nitrogen functional groups attached to an aromatic ring is 1. The van der Waals surface area contributed by atoms with Gasteiger partial charge in [0.2, 0.25) is 0 Å². The Morgan fingerprint density at radius 3 is 2.59 bits per heavy atom. The molecule has 1 aliphatic heterocycles. The zero-order valence-electron chi connectivity index (χ0n) is 22.3. The van der Waals surface area contributed by atoms with Crippen molar-refractivity contribution >= 4 is 17.8 Å². The van der Waals surface area contributed by atoms with E-state index < -0.39 is 23.4 Å². The number of carbonyl (C=O) groups is 2. The summed E-state index contributed by atoms with van der Waals surface area (Å²) in [5, 5.41) is 17.2. The molecule has 1 atom stereocenters. The first-order chi connectivity index (χ1) is 18.5. The van der Waals surface area contributed by atoms with Crippen LogP contribution < -0.4 is 15.8 Å². The molecule has 1 aliphatic rings. The number of carbonyl (C=O) groups excluding carboxylic acids is 2. The number of nitrogens with zero attached hydrogens (tertiary/aromatic N) is 4. The maximum absolute atomic E-state index is 13.6.